The Hall–Kier alpha value is -1.18. The number of nitrogens with two attached hydrogens (primary N) is 1. The predicted octanol–water partition coefficient (Wildman–Crippen LogP) is 3.93. The van der Waals surface area contributed by atoms with Gasteiger partial charge in [0.15, 0.2) is 0 Å². The van der Waals surface area contributed by atoms with Gasteiger partial charge in [-0.05, 0) is 43.9 Å². The lowest BCUT2D eigenvalue weighted by Gasteiger charge is -2.56. The van der Waals surface area contributed by atoms with Crippen LogP contribution in [0.4, 0.5) is 0 Å². The molecule has 0 bridgehead atoms. The highest BCUT2D eigenvalue weighted by Crippen LogP contribution is 2.45. The van der Waals surface area contributed by atoms with Gasteiger partial charge in [0.25, 0.3) is 0 Å². The summed E-state index contributed by atoms with van der Waals surface area (Å²) in [7, 11) is 2.84. The second-order valence-electron chi connectivity index (χ2n) is 7.67. The monoisotopic (exact) mass is 406 g/mol. The third-order valence-corrected chi connectivity index (χ3v) is 10.7. The second kappa shape index (κ2) is 10.6. The summed E-state index contributed by atoms with van der Waals surface area (Å²) in [6.45, 7) is 4.96. The maximum Gasteiger partial charge on any atom is 0.372 e. The van der Waals surface area contributed by atoms with Crippen molar-refractivity contribution in [1.82, 2.24) is 4.90 Å². The zero-order chi connectivity index (χ0) is 20.6. The number of nitrogens with zero attached hydrogens (tertiary/aromatic N) is 1. The summed E-state index contributed by atoms with van der Waals surface area (Å²) >= 11 is 0. The summed E-state index contributed by atoms with van der Waals surface area (Å²) in [5.74, 6) is 0. The summed E-state index contributed by atoms with van der Waals surface area (Å²) in [6.07, 6.45) is 8.39. The molecule has 28 heavy (non-hydrogen) atoms. The first-order valence-corrected chi connectivity index (χ1v) is 12.4. The first-order valence-electron chi connectivity index (χ1n) is 10.4. The van der Waals surface area contributed by atoms with E-state index in [9.17, 15) is 0 Å². The average molecular weight is 407 g/mol. The zero-order valence-electron chi connectivity index (χ0n) is 18.2. The lowest BCUT2D eigenvalue weighted by Crippen LogP contribution is -2.73. The van der Waals surface area contributed by atoms with Crippen LogP contribution in [0.3, 0.4) is 0 Å². The summed E-state index contributed by atoms with van der Waals surface area (Å²) < 4.78 is 18.7. The number of hydrogen-bond donors (Lipinski definition) is 1. The van der Waals surface area contributed by atoms with Crippen LogP contribution in [0.15, 0.2) is 36.5 Å². The predicted molar refractivity (Wildman–Crippen MR) is 118 cm³/mol. The topological polar surface area (TPSA) is 57.0 Å². The maximum absolute atomic E-state index is 6.35. The molecule has 0 aromatic heterocycles. The molecule has 5 nitrogen and oxygen atoms in total. The first kappa shape index (κ1) is 23.1. The first-order chi connectivity index (χ1) is 13.5. The molecule has 3 unspecified atom stereocenters. The highest BCUT2D eigenvalue weighted by Gasteiger charge is 2.64. The molecule has 158 valence electrons. The van der Waals surface area contributed by atoms with Gasteiger partial charge in [0, 0.05) is 40.1 Å². The van der Waals surface area contributed by atoms with Gasteiger partial charge in [-0.25, -0.2) is 0 Å². The Balaban J connectivity index is 2.50. The average Bonchev–Trinajstić information content (AvgIpc) is 2.75. The van der Waals surface area contributed by atoms with E-state index in [1.807, 2.05) is 13.2 Å². The van der Waals surface area contributed by atoms with Gasteiger partial charge in [0.05, 0.1) is 6.04 Å². The molecule has 0 amide bonds. The van der Waals surface area contributed by atoms with Crippen LogP contribution < -0.4 is 5.73 Å². The van der Waals surface area contributed by atoms with Crippen molar-refractivity contribution >= 4 is 14.6 Å². The van der Waals surface area contributed by atoms with E-state index in [0.29, 0.717) is 6.54 Å². The fourth-order valence-corrected chi connectivity index (χ4v) is 8.89. The third-order valence-electron chi connectivity index (χ3n) is 6.26. The minimum atomic E-state index is -2.56. The molecular formula is C22H38N2O3Si. The van der Waals surface area contributed by atoms with E-state index in [1.165, 1.54) is 5.56 Å². The summed E-state index contributed by atoms with van der Waals surface area (Å²) in [5.41, 5.74) is 7.29. The molecule has 0 aliphatic carbocycles. The number of methoxy groups -OCH3 is 1. The molecule has 1 aromatic carbocycles. The standard InChI is InChI=1S/C22H38N2O3Si/c1-6-15-22(25-3)21(13-10-17-28(22,26-4)27-5)24(19(2)18-23)16-14-20-11-8-7-9-12-20/h7-9,11-12,14,16,19,21H,6,10,13,15,17-18,23H2,1-5H3. The Morgan fingerprint density at radius 3 is 2.46 bits per heavy atom. The van der Waals surface area contributed by atoms with E-state index in [1.54, 1.807) is 14.2 Å². The number of ether oxygens (including phenoxy) is 1. The molecule has 1 aromatic rings. The van der Waals surface area contributed by atoms with Gasteiger partial charge in [-0.3, -0.25) is 0 Å². The second-order valence-corrected chi connectivity index (χ2v) is 11.3. The van der Waals surface area contributed by atoms with Gasteiger partial charge in [-0.15, -0.1) is 0 Å². The Morgan fingerprint density at radius 2 is 1.93 bits per heavy atom. The van der Waals surface area contributed by atoms with Crippen LogP contribution in [0.5, 0.6) is 0 Å². The van der Waals surface area contributed by atoms with Gasteiger partial charge in [0.1, 0.15) is 5.22 Å². The molecule has 0 saturated carbocycles. The van der Waals surface area contributed by atoms with Crippen LogP contribution in [0.2, 0.25) is 6.04 Å². The van der Waals surface area contributed by atoms with Crippen molar-refractivity contribution in [3.05, 3.63) is 42.1 Å². The lowest BCUT2D eigenvalue weighted by atomic mass is 9.96. The van der Waals surface area contributed by atoms with Crippen molar-refractivity contribution in [2.24, 2.45) is 5.73 Å². The van der Waals surface area contributed by atoms with Crippen molar-refractivity contribution in [2.45, 2.75) is 62.9 Å². The zero-order valence-corrected chi connectivity index (χ0v) is 19.2. The minimum absolute atomic E-state index is 0.163. The van der Waals surface area contributed by atoms with Crippen LogP contribution >= 0.6 is 0 Å². The van der Waals surface area contributed by atoms with Crippen LogP contribution in [-0.2, 0) is 13.6 Å². The van der Waals surface area contributed by atoms with Crippen LogP contribution in [0.25, 0.3) is 6.08 Å². The summed E-state index contributed by atoms with van der Waals surface area (Å²) in [5, 5.41) is -0.437. The van der Waals surface area contributed by atoms with Crippen LogP contribution in [-0.4, -0.2) is 58.6 Å². The van der Waals surface area contributed by atoms with Gasteiger partial charge in [-0.1, -0.05) is 43.7 Å². The fraction of sp³-hybridized carbons (Fsp3) is 0.636. The van der Waals surface area contributed by atoms with Gasteiger partial charge in [-0.2, -0.15) is 0 Å². The molecule has 0 radical (unpaired) electrons. The highest BCUT2D eigenvalue weighted by atomic mass is 28.4. The van der Waals surface area contributed by atoms with Crippen molar-refractivity contribution in [1.29, 1.82) is 0 Å². The molecule has 3 atom stereocenters. The van der Waals surface area contributed by atoms with E-state index in [0.717, 1.165) is 31.7 Å². The van der Waals surface area contributed by atoms with Crippen molar-refractivity contribution in [2.75, 3.05) is 27.9 Å². The fourth-order valence-electron chi connectivity index (χ4n) is 4.79. The van der Waals surface area contributed by atoms with Crippen LogP contribution in [0.1, 0.15) is 45.1 Å². The van der Waals surface area contributed by atoms with E-state index >= 15 is 0 Å². The molecule has 1 saturated heterocycles. The Bertz CT molecular complexity index is 609. The Labute approximate surface area is 172 Å². The quantitative estimate of drug-likeness (QED) is 0.597. The highest BCUT2D eigenvalue weighted by molar-refractivity contribution is 6.71. The van der Waals surface area contributed by atoms with E-state index in [4.69, 9.17) is 19.3 Å². The normalized spacial score (nSPS) is 25.7. The minimum Gasteiger partial charge on any atom is -0.396 e. The van der Waals surface area contributed by atoms with Crippen molar-refractivity contribution < 1.29 is 13.6 Å². The van der Waals surface area contributed by atoms with Gasteiger partial charge in [0.2, 0.25) is 0 Å². The third kappa shape index (κ3) is 4.36. The van der Waals surface area contributed by atoms with Crippen LogP contribution in [0, 0.1) is 0 Å². The van der Waals surface area contributed by atoms with Gasteiger partial charge >= 0.3 is 8.56 Å². The summed E-state index contributed by atoms with van der Waals surface area (Å²) in [4.78, 5) is 2.39. The van der Waals surface area contributed by atoms with E-state index in [-0.39, 0.29) is 12.1 Å². The largest absolute Gasteiger partial charge is 0.396 e. The number of rotatable bonds is 10. The molecule has 1 aliphatic rings. The van der Waals surface area contributed by atoms with Crippen molar-refractivity contribution in [3.8, 4) is 0 Å². The lowest BCUT2D eigenvalue weighted by molar-refractivity contribution is -0.0692. The number of benzene rings is 1. The molecule has 1 heterocycles. The molecule has 2 N–H and O–H groups in total. The molecule has 6 heteroatoms. The maximum atomic E-state index is 6.35. The SMILES string of the molecule is CCCC1(OC)C(N(C=Cc2ccccc2)C(C)CN)CCC[Si]1(OC)OC. The molecule has 1 aliphatic heterocycles. The smallest absolute Gasteiger partial charge is 0.372 e. The molecular weight excluding hydrogens is 368 g/mol. The van der Waals surface area contributed by atoms with Gasteiger partial charge < -0.3 is 24.2 Å². The molecule has 1 fully saturated rings. The Kier molecular flexibility index (Phi) is 8.71. The molecule has 0 spiro atoms. The number of hydrogen-bond acceptors (Lipinski definition) is 5. The van der Waals surface area contributed by atoms with Crippen molar-refractivity contribution in [3.63, 3.8) is 0 Å². The van der Waals surface area contributed by atoms with E-state index < -0.39 is 13.8 Å². The summed E-state index contributed by atoms with van der Waals surface area (Å²) in [6, 6.07) is 11.7. The van der Waals surface area contributed by atoms with E-state index in [2.05, 4.69) is 55.3 Å². The molecule has 2 rings (SSSR count). The Morgan fingerprint density at radius 1 is 1.25 bits per heavy atom.